The number of nitrogens with zero attached hydrogens (tertiary/aromatic N) is 2. The number of aryl methyl sites for hydroxylation is 1. The molecule has 0 radical (unpaired) electrons. The molecule has 6 nitrogen and oxygen atoms in total. The van der Waals surface area contributed by atoms with E-state index in [4.69, 9.17) is 9.15 Å². The van der Waals surface area contributed by atoms with Crippen LogP contribution in [0.3, 0.4) is 0 Å². The van der Waals surface area contributed by atoms with Gasteiger partial charge < -0.3 is 9.15 Å². The van der Waals surface area contributed by atoms with E-state index in [9.17, 15) is 9.59 Å². The highest BCUT2D eigenvalue weighted by atomic mass is 127. The van der Waals surface area contributed by atoms with Crippen LogP contribution in [0.4, 0.5) is 0 Å². The predicted molar refractivity (Wildman–Crippen MR) is 123 cm³/mol. The Kier molecular flexibility index (Phi) is 5.79. The van der Waals surface area contributed by atoms with Crippen LogP contribution >= 0.6 is 33.9 Å². The molecule has 1 atom stereocenters. The van der Waals surface area contributed by atoms with Crippen molar-refractivity contribution in [3.63, 3.8) is 0 Å². The lowest BCUT2D eigenvalue weighted by molar-refractivity contribution is -0.139. The standard InChI is InChI=1S/C22H19IN2O4S/c1-4-28-21(27)18-13(3)24-22-25(19(18)14-7-5-12(2)6-8-14)20(26)16(30-22)11-15-9-10-17(23)29-15/h5-11,19H,4H2,1-3H3/b16-11-/t19-/m0/s1. The number of esters is 1. The number of aromatic nitrogens is 1. The topological polar surface area (TPSA) is 73.8 Å². The second-order valence-electron chi connectivity index (χ2n) is 6.85. The number of benzene rings is 1. The van der Waals surface area contributed by atoms with E-state index in [0.717, 1.165) is 14.9 Å². The highest BCUT2D eigenvalue weighted by Crippen LogP contribution is 2.30. The number of halogens is 1. The molecule has 1 aromatic carbocycles. The summed E-state index contributed by atoms with van der Waals surface area (Å²) in [5.74, 6) is 0.136. The van der Waals surface area contributed by atoms with E-state index in [1.807, 2.05) is 43.3 Å². The van der Waals surface area contributed by atoms with Crippen LogP contribution in [-0.4, -0.2) is 17.1 Å². The molecule has 0 spiro atoms. The summed E-state index contributed by atoms with van der Waals surface area (Å²) in [4.78, 5) is 31.3. The van der Waals surface area contributed by atoms with E-state index >= 15 is 0 Å². The van der Waals surface area contributed by atoms with Gasteiger partial charge in [0.15, 0.2) is 8.57 Å². The molecule has 0 saturated carbocycles. The van der Waals surface area contributed by atoms with Crippen molar-refractivity contribution >= 4 is 46.0 Å². The highest BCUT2D eigenvalue weighted by Gasteiger charge is 2.33. The summed E-state index contributed by atoms with van der Waals surface area (Å²) in [6.07, 6.45) is 1.71. The zero-order valence-corrected chi connectivity index (χ0v) is 19.6. The van der Waals surface area contributed by atoms with E-state index in [-0.39, 0.29) is 12.2 Å². The van der Waals surface area contributed by atoms with Crippen LogP contribution in [0.15, 0.2) is 61.9 Å². The summed E-state index contributed by atoms with van der Waals surface area (Å²) in [6.45, 7) is 5.78. The number of allylic oxidation sites excluding steroid dienone is 1. The summed E-state index contributed by atoms with van der Waals surface area (Å²) >= 11 is 3.36. The number of carbonyl (C=O) groups excluding carboxylic acids is 1. The number of hydrogen-bond donors (Lipinski definition) is 0. The normalized spacial score (nSPS) is 16.4. The fraction of sp³-hybridized carbons (Fsp3) is 0.227. The quantitative estimate of drug-likeness (QED) is 0.381. The van der Waals surface area contributed by atoms with Crippen molar-refractivity contribution in [1.29, 1.82) is 0 Å². The summed E-state index contributed by atoms with van der Waals surface area (Å²) < 4.78 is 13.7. The van der Waals surface area contributed by atoms with Gasteiger partial charge >= 0.3 is 5.97 Å². The lowest BCUT2D eigenvalue weighted by atomic mass is 9.95. The van der Waals surface area contributed by atoms with Crippen molar-refractivity contribution in [2.45, 2.75) is 26.8 Å². The SMILES string of the molecule is CCOC(=O)C1=C(C)N=c2s/c(=C\c3ccc(I)o3)c(=O)n2[C@H]1c1ccc(C)cc1. The second kappa shape index (κ2) is 8.35. The number of furan rings is 1. The van der Waals surface area contributed by atoms with Gasteiger partial charge in [-0.15, -0.1) is 0 Å². The van der Waals surface area contributed by atoms with Crippen molar-refractivity contribution in [3.8, 4) is 0 Å². The Balaban J connectivity index is 1.96. The van der Waals surface area contributed by atoms with Gasteiger partial charge in [0.2, 0.25) is 0 Å². The Morgan fingerprint density at radius 3 is 2.63 bits per heavy atom. The van der Waals surface area contributed by atoms with E-state index in [1.165, 1.54) is 11.3 Å². The Labute approximate surface area is 190 Å². The molecule has 8 heteroatoms. The van der Waals surface area contributed by atoms with E-state index < -0.39 is 12.0 Å². The fourth-order valence-corrected chi connectivity index (χ4v) is 4.85. The number of ether oxygens (including phenoxy) is 1. The van der Waals surface area contributed by atoms with Crippen LogP contribution in [-0.2, 0) is 9.53 Å². The molecule has 0 N–H and O–H groups in total. The lowest BCUT2D eigenvalue weighted by Gasteiger charge is -2.24. The van der Waals surface area contributed by atoms with E-state index in [1.54, 1.807) is 24.5 Å². The lowest BCUT2D eigenvalue weighted by Crippen LogP contribution is -2.39. The van der Waals surface area contributed by atoms with Crippen LogP contribution < -0.4 is 14.9 Å². The smallest absolute Gasteiger partial charge is 0.338 e. The molecule has 0 aliphatic carbocycles. The Hall–Kier alpha value is -2.46. The van der Waals surface area contributed by atoms with E-state index in [2.05, 4.69) is 27.6 Å². The molecular weight excluding hydrogens is 515 g/mol. The molecule has 3 aromatic rings. The van der Waals surface area contributed by atoms with Crippen molar-refractivity contribution in [3.05, 3.63) is 88.0 Å². The zero-order valence-electron chi connectivity index (χ0n) is 16.6. The van der Waals surface area contributed by atoms with Gasteiger partial charge in [-0.25, -0.2) is 9.79 Å². The maximum atomic E-state index is 13.4. The Morgan fingerprint density at radius 1 is 1.27 bits per heavy atom. The first-order valence-electron chi connectivity index (χ1n) is 9.40. The average molecular weight is 534 g/mol. The molecule has 0 fully saturated rings. The van der Waals surface area contributed by atoms with Crippen LogP contribution in [0.5, 0.6) is 0 Å². The summed E-state index contributed by atoms with van der Waals surface area (Å²) in [5, 5.41) is 0. The summed E-state index contributed by atoms with van der Waals surface area (Å²) in [5.41, 5.74) is 2.65. The molecule has 154 valence electrons. The van der Waals surface area contributed by atoms with Gasteiger partial charge in [0, 0.05) is 6.08 Å². The molecule has 2 aromatic heterocycles. The van der Waals surface area contributed by atoms with Crippen LogP contribution in [0.2, 0.25) is 0 Å². The molecule has 4 rings (SSSR count). The van der Waals surface area contributed by atoms with Gasteiger partial charge in [0.25, 0.3) is 5.56 Å². The van der Waals surface area contributed by atoms with Crippen LogP contribution in [0, 0.1) is 10.7 Å². The largest absolute Gasteiger partial charge is 0.463 e. The fourth-order valence-electron chi connectivity index (χ4n) is 3.39. The van der Waals surface area contributed by atoms with Crippen molar-refractivity contribution < 1.29 is 13.9 Å². The average Bonchev–Trinajstić information content (AvgIpc) is 3.24. The molecule has 0 amide bonds. The van der Waals surface area contributed by atoms with Gasteiger partial charge in [-0.1, -0.05) is 41.2 Å². The summed E-state index contributed by atoms with van der Waals surface area (Å²) in [7, 11) is 0. The Bertz CT molecular complexity index is 1330. The molecule has 0 bridgehead atoms. The van der Waals surface area contributed by atoms with Crippen molar-refractivity contribution in [1.82, 2.24) is 4.57 Å². The van der Waals surface area contributed by atoms with Gasteiger partial charge in [-0.3, -0.25) is 9.36 Å². The number of carbonyl (C=O) groups is 1. The van der Waals surface area contributed by atoms with Gasteiger partial charge in [0.05, 0.1) is 28.5 Å². The molecule has 3 heterocycles. The Morgan fingerprint density at radius 2 is 2.00 bits per heavy atom. The monoisotopic (exact) mass is 534 g/mol. The number of thiazole rings is 1. The number of fused-ring (bicyclic) bond motifs is 1. The minimum absolute atomic E-state index is 0.218. The van der Waals surface area contributed by atoms with Crippen LogP contribution in [0.1, 0.15) is 36.8 Å². The first-order valence-corrected chi connectivity index (χ1v) is 11.3. The predicted octanol–water partition coefficient (Wildman–Crippen LogP) is 3.30. The number of hydrogen-bond acceptors (Lipinski definition) is 6. The third kappa shape index (κ3) is 3.81. The van der Waals surface area contributed by atoms with Gasteiger partial charge in [0.1, 0.15) is 5.76 Å². The van der Waals surface area contributed by atoms with Crippen molar-refractivity contribution in [2.75, 3.05) is 6.61 Å². The van der Waals surface area contributed by atoms with E-state index in [0.29, 0.717) is 26.4 Å². The molecular formula is C22H19IN2O4S. The third-order valence-electron chi connectivity index (χ3n) is 4.78. The first-order chi connectivity index (χ1) is 14.4. The highest BCUT2D eigenvalue weighted by molar-refractivity contribution is 14.1. The number of rotatable bonds is 4. The van der Waals surface area contributed by atoms with Gasteiger partial charge in [-0.05, 0) is 61.1 Å². The van der Waals surface area contributed by atoms with Gasteiger partial charge in [-0.2, -0.15) is 0 Å². The maximum absolute atomic E-state index is 13.4. The zero-order chi connectivity index (χ0) is 21.4. The molecule has 1 aliphatic rings. The first kappa shape index (κ1) is 20.8. The molecule has 0 unspecified atom stereocenters. The summed E-state index contributed by atoms with van der Waals surface area (Å²) in [6, 6.07) is 10.9. The molecule has 1 aliphatic heterocycles. The second-order valence-corrected chi connectivity index (χ2v) is 8.93. The minimum atomic E-state index is -0.597. The molecule has 0 saturated heterocycles. The maximum Gasteiger partial charge on any atom is 0.338 e. The third-order valence-corrected chi connectivity index (χ3v) is 6.34. The minimum Gasteiger partial charge on any atom is -0.463 e. The van der Waals surface area contributed by atoms with Crippen molar-refractivity contribution in [2.24, 2.45) is 4.99 Å². The van der Waals surface area contributed by atoms with Crippen LogP contribution in [0.25, 0.3) is 6.08 Å². The molecule has 30 heavy (non-hydrogen) atoms.